The number of halogens is 1. The second kappa shape index (κ2) is 8.35. The van der Waals surface area contributed by atoms with Gasteiger partial charge in [-0.05, 0) is 44.8 Å². The fourth-order valence-corrected chi connectivity index (χ4v) is 4.88. The summed E-state index contributed by atoms with van der Waals surface area (Å²) in [4.78, 5) is 32.0. The standard InChI is InChI=1S/C21H26ClN7O/c22-18-13-24-21(25-15-10-17(12-23-11-15)29-8-3-4-19(29)30)26-20(18)28-9-5-16(14-28)27-6-1-2-7-27/h10-13,16H,1-9,14H2,(H,24,25,26). The molecule has 9 heteroatoms. The van der Waals surface area contributed by atoms with E-state index in [4.69, 9.17) is 16.6 Å². The smallest absolute Gasteiger partial charge is 0.229 e. The number of hydrogen-bond acceptors (Lipinski definition) is 7. The SMILES string of the molecule is O=C1CCCN1c1cncc(Nc2ncc(Cl)c(N3CCC(N4CCCC4)C3)n2)c1. The van der Waals surface area contributed by atoms with Gasteiger partial charge in [0, 0.05) is 32.1 Å². The summed E-state index contributed by atoms with van der Waals surface area (Å²) in [7, 11) is 0. The minimum Gasteiger partial charge on any atom is -0.354 e. The monoisotopic (exact) mass is 427 g/mol. The van der Waals surface area contributed by atoms with Crippen molar-refractivity contribution in [2.24, 2.45) is 0 Å². The van der Waals surface area contributed by atoms with Crippen LogP contribution in [0.1, 0.15) is 32.1 Å². The fourth-order valence-electron chi connectivity index (χ4n) is 4.67. The highest BCUT2D eigenvalue weighted by atomic mass is 35.5. The molecule has 0 radical (unpaired) electrons. The van der Waals surface area contributed by atoms with Crippen LogP contribution in [0.4, 0.5) is 23.1 Å². The highest BCUT2D eigenvalue weighted by Gasteiger charge is 2.31. The predicted molar refractivity (Wildman–Crippen MR) is 118 cm³/mol. The number of nitrogens with zero attached hydrogens (tertiary/aromatic N) is 6. The molecule has 0 spiro atoms. The second-order valence-corrected chi connectivity index (χ2v) is 8.61. The molecule has 0 saturated carbocycles. The van der Waals surface area contributed by atoms with Gasteiger partial charge in [0.05, 0.1) is 30.0 Å². The highest BCUT2D eigenvalue weighted by molar-refractivity contribution is 6.32. The Morgan fingerprint density at radius 1 is 1.07 bits per heavy atom. The molecular formula is C21H26ClN7O. The Hall–Kier alpha value is -2.45. The number of rotatable bonds is 5. The van der Waals surface area contributed by atoms with Crippen LogP contribution in [0.25, 0.3) is 0 Å². The van der Waals surface area contributed by atoms with Crippen molar-refractivity contribution < 1.29 is 4.79 Å². The van der Waals surface area contributed by atoms with Gasteiger partial charge in [0.25, 0.3) is 0 Å². The van der Waals surface area contributed by atoms with E-state index in [1.165, 1.54) is 25.9 Å². The van der Waals surface area contributed by atoms with Crippen LogP contribution in [-0.4, -0.2) is 64.5 Å². The molecule has 3 fully saturated rings. The van der Waals surface area contributed by atoms with Gasteiger partial charge in [-0.15, -0.1) is 0 Å². The summed E-state index contributed by atoms with van der Waals surface area (Å²) in [5.41, 5.74) is 1.54. The van der Waals surface area contributed by atoms with Gasteiger partial charge >= 0.3 is 0 Å². The van der Waals surface area contributed by atoms with Gasteiger partial charge < -0.3 is 15.1 Å². The Morgan fingerprint density at radius 3 is 2.73 bits per heavy atom. The zero-order valence-electron chi connectivity index (χ0n) is 16.9. The summed E-state index contributed by atoms with van der Waals surface area (Å²) in [5.74, 6) is 1.39. The number of pyridine rings is 1. The first kappa shape index (κ1) is 19.5. The van der Waals surface area contributed by atoms with Crippen molar-refractivity contribution in [2.75, 3.05) is 47.8 Å². The molecule has 1 unspecified atom stereocenters. The second-order valence-electron chi connectivity index (χ2n) is 8.20. The average Bonchev–Trinajstić information content (AvgIpc) is 3.51. The zero-order chi connectivity index (χ0) is 20.5. The van der Waals surface area contributed by atoms with Gasteiger partial charge in [-0.1, -0.05) is 11.6 Å². The summed E-state index contributed by atoms with van der Waals surface area (Å²) in [6.45, 7) is 5.03. The molecule has 0 aromatic carbocycles. The molecule has 0 bridgehead atoms. The van der Waals surface area contributed by atoms with Gasteiger partial charge in [-0.25, -0.2) is 4.98 Å². The van der Waals surface area contributed by atoms with E-state index < -0.39 is 0 Å². The third kappa shape index (κ3) is 3.94. The number of aromatic nitrogens is 3. The van der Waals surface area contributed by atoms with Gasteiger partial charge in [0.1, 0.15) is 5.02 Å². The van der Waals surface area contributed by atoms with Crippen molar-refractivity contribution in [2.45, 2.75) is 38.1 Å². The summed E-state index contributed by atoms with van der Waals surface area (Å²) in [5, 5.41) is 3.79. The van der Waals surface area contributed by atoms with Crippen LogP contribution in [0.15, 0.2) is 24.7 Å². The number of anilines is 4. The molecule has 2 aromatic rings. The fraction of sp³-hybridized carbons (Fsp3) is 0.524. The van der Waals surface area contributed by atoms with Crippen molar-refractivity contribution in [1.82, 2.24) is 19.9 Å². The van der Waals surface area contributed by atoms with Gasteiger partial charge in [-0.2, -0.15) is 4.98 Å². The highest BCUT2D eigenvalue weighted by Crippen LogP contribution is 2.30. The predicted octanol–water partition coefficient (Wildman–Crippen LogP) is 3.07. The van der Waals surface area contributed by atoms with Crippen molar-refractivity contribution in [3.8, 4) is 0 Å². The van der Waals surface area contributed by atoms with Gasteiger partial charge in [0.2, 0.25) is 11.9 Å². The Bertz CT molecular complexity index is 933. The van der Waals surface area contributed by atoms with Crippen LogP contribution in [0, 0.1) is 0 Å². The Balaban J connectivity index is 1.31. The van der Waals surface area contributed by atoms with Crippen LogP contribution in [0.2, 0.25) is 5.02 Å². The van der Waals surface area contributed by atoms with E-state index >= 15 is 0 Å². The topological polar surface area (TPSA) is 77.5 Å². The lowest BCUT2D eigenvalue weighted by Gasteiger charge is -2.24. The Kier molecular flexibility index (Phi) is 5.43. The quantitative estimate of drug-likeness (QED) is 0.785. The first-order valence-electron chi connectivity index (χ1n) is 10.7. The van der Waals surface area contributed by atoms with E-state index in [1.54, 1.807) is 23.5 Å². The van der Waals surface area contributed by atoms with E-state index in [1.807, 2.05) is 6.07 Å². The van der Waals surface area contributed by atoms with Crippen LogP contribution < -0.4 is 15.1 Å². The minimum absolute atomic E-state index is 0.139. The number of carbonyl (C=O) groups excluding carboxylic acids is 1. The molecule has 0 aliphatic carbocycles. The lowest BCUT2D eigenvalue weighted by Crippen LogP contribution is -2.35. The van der Waals surface area contributed by atoms with Crippen molar-refractivity contribution in [1.29, 1.82) is 0 Å². The molecule has 1 atom stereocenters. The molecule has 158 valence electrons. The van der Waals surface area contributed by atoms with Gasteiger partial charge in [0.15, 0.2) is 5.82 Å². The number of likely N-dealkylation sites (tertiary alicyclic amines) is 1. The lowest BCUT2D eigenvalue weighted by atomic mass is 10.2. The number of hydrogen-bond donors (Lipinski definition) is 1. The normalized spacial score (nSPS) is 22.3. The first-order chi connectivity index (χ1) is 14.7. The third-order valence-electron chi connectivity index (χ3n) is 6.21. The molecule has 8 nitrogen and oxygen atoms in total. The number of amides is 1. The molecule has 3 aliphatic heterocycles. The molecule has 2 aromatic heterocycles. The van der Waals surface area contributed by atoms with Gasteiger partial charge in [-0.3, -0.25) is 14.7 Å². The lowest BCUT2D eigenvalue weighted by molar-refractivity contribution is -0.117. The summed E-state index contributed by atoms with van der Waals surface area (Å²) in [6, 6.07) is 2.49. The maximum absolute atomic E-state index is 12.0. The maximum atomic E-state index is 12.0. The van der Waals surface area contributed by atoms with E-state index in [0.717, 1.165) is 49.7 Å². The van der Waals surface area contributed by atoms with E-state index in [0.29, 0.717) is 23.4 Å². The summed E-state index contributed by atoms with van der Waals surface area (Å²) in [6.07, 6.45) is 10.3. The van der Waals surface area contributed by atoms with Crippen LogP contribution in [0.5, 0.6) is 0 Å². The first-order valence-corrected chi connectivity index (χ1v) is 11.1. The van der Waals surface area contributed by atoms with Crippen LogP contribution in [-0.2, 0) is 4.79 Å². The molecule has 1 N–H and O–H groups in total. The third-order valence-corrected chi connectivity index (χ3v) is 6.48. The molecule has 5 heterocycles. The molecule has 1 amide bonds. The van der Waals surface area contributed by atoms with E-state index in [9.17, 15) is 4.79 Å². The molecular weight excluding hydrogens is 402 g/mol. The summed E-state index contributed by atoms with van der Waals surface area (Å²) < 4.78 is 0. The van der Waals surface area contributed by atoms with Crippen LogP contribution >= 0.6 is 11.6 Å². The Morgan fingerprint density at radius 2 is 1.93 bits per heavy atom. The maximum Gasteiger partial charge on any atom is 0.229 e. The zero-order valence-corrected chi connectivity index (χ0v) is 17.7. The molecule has 30 heavy (non-hydrogen) atoms. The number of carbonyl (C=O) groups is 1. The van der Waals surface area contributed by atoms with Crippen molar-refractivity contribution in [3.63, 3.8) is 0 Å². The van der Waals surface area contributed by atoms with Crippen molar-refractivity contribution >= 4 is 40.6 Å². The average molecular weight is 428 g/mol. The summed E-state index contributed by atoms with van der Waals surface area (Å²) >= 11 is 6.45. The van der Waals surface area contributed by atoms with Crippen LogP contribution in [0.3, 0.4) is 0 Å². The Labute approximate surface area is 181 Å². The molecule has 5 rings (SSSR count). The van der Waals surface area contributed by atoms with E-state index in [-0.39, 0.29) is 5.91 Å². The van der Waals surface area contributed by atoms with E-state index in [2.05, 4.69) is 25.1 Å². The minimum atomic E-state index is 0.139. The largest absolute Gasteiger partial charge is 0.354 e. The number of nitrogens with one attached hydrogen (secondary N) is 1. The van der Waals surface area contributed by atoms with Crippen molar-refractivity contribution in [3.05, 3.63) is 29.7 Å². The molecule has 3 aliphatic rings. The molecule has 3 saturated heterocycles.